The van der Waals surface area contributed by atoms with Crippen LogP contribution in [0, 0.1) is 6.92 Å². The van der Waals surface area contributed by atoms with Gasteiger partial charge in [-0.05, 0) is 38.7 Å². The quantitative estimate of drug-likeness (QED) is 0.786. The molecule has 3 heteroatoms. The lowest BCUT2D eigenvalue weighted by atomic mass is 9.88. The van der Waals surface area contributed by atoms with Crippen LogP contribution >= 0.6 is 0 Å². The Balaban J connectivity index is 1.92. The van der Waals surface area contributed by atoms with Crippen LogP contribution < -0.4 is 0 Å². The van der Waals surface area contributed by atoms with Crippen molar-refractivity contribution in [2.45, 2.75) is 51.2 Å². The zero-order chi connectivity index (χ0) is 12.0. The molecule has 0 unspecified atom stereocenters. The number of carbonyl (C=O) groups is 1. The molecule has 1 aromatic heterocycles. The highest BCUT2D eigenvalue weighted by atomic mass is 16.5. The van der Waals surface area contributed by atoms with Crippen LogP contribution in [0.5, 0.6) is 0 Å². The van der Waals surface area contributed by atoms with E-state index in [0.29, 0.717) is 17.9 Å². The van der Waals surface area contributed by atoms with Gasteiger partial charge in [0, 0.05) is 36.5 Å². The largest absolute Gasteiger partial charge is 0.381 e. The molecule has 2 aliphatic carbocycles. The maximum Gasteiger partial charge on any atom is 0.164 e. The van der Waals surface area contributed by atoms with Crippen molar-refractivity contribution < 1.29 is 9.53 Å². The van der Waals surface area contributed by atoms with Gasteiger partial charge in [-0.15, -0.1) is 0 Å². The van der Waals surface area contributed by atoms with Crippen LogP contribution in [-0.4, -0.2) is 23.6 Å². The molecule has 1 aromatic rings. The average molecular weight is 233 g/mol. The maximum atomic E-state index is 11.9. The molecule has 1 heterocycles. The molecule has 17 heavy (non-hydrogen) atoms. The number of ether oxygens (including phenoxy) is 1. The van der Waals surface area contributed by atoms with E-state index in [1.54, 1.807) is 7.11 Å². The SMILES string of the molecule is COC1CC(n2c(C)cc3c2CCCC3=O)C1. The monoisotopic (exact) mass is 233 g/mol. The normalized spacial score (nSPS) is 27.8. The molecule has 0 spiro atoms. The van der Waals surface area contributed by atoms with Crippen molar-refractivity contribution in [3.63, 3.8) is 0 Å². The molecule has 0 bridgehead atoms. The molecule has 0 aliphatic heterocycles. The molecule has 3 nitrogen and oxygen atoms in total. The molecule has 1 saturated carbocycles. The Morgan fingerprint density at radius 3 is 2.82 bits per heavy atom. The van der Waals surface area contributed by atoms with Gasteiger partial charge in [-0.3, -0.25) is 4.79 Å². The summed E-state index contributed by atoms with van der Waals surface area (Å²) < 4.78 is 7.73. The van der Waals surface area contributed by atoms with Gasteiger partial charge in [0.15, 0.2) is 5.78 Å². The van der Waals surface area contributed by atoms with Crippen molar-refractivity contribution in [3.05, 3.63) is 23.0 Å². The van der Waals surface area contributed by atoms with E-state index < -0.39 is 0 Å². The van der Waals surface area contributed by atoms with Gasteiger partial charge in [0.05, 0.1) is 6.10 Å². The summed E-state index contributed by atoms with van der Waals surface area (Å²) in [6, 6.07) is 2.63. The third-order valence-electron chi connectivity index (χ3n) is 4.22. The number of Topliss-reactive ketones (excluding diaryl/α,β-unsaturated/α-hetero) is 1. The molecule has 0 amide bonds. The van der Waals surface area contributed by atoms with Gasteiger partial charge in [-0.25, -0.2) is 0 Å². The molecule has 92 valence electrons. The first-order valence-electron chi connectivity index (χ1n) is 6.47. The highest BCUT2D eigenvalue weighted by molar-refractivity contribution is 5.98. The third-order valence-corrected chi connectivity index (χ3v) is 4.22. The number of rotatable bonds is 2. The van der Waals surface area contributed by atoms with Gasteiger partial charge in [-0.1, -0.05) is 0 Å². The summed E-state index contributed by atoms with van der Waals surface area (Å²) in [5.41, 5.74) is 3.50. The maximum absolute atomic E-state index is 11.9. The van der Waals surface area contributed by atoms with E-state index in [2.05, 4.69) is 17.6 Å². The second kappa shape index (κ2) is 3.98. The number of hydrogen-bond donors (Lipinski definition) is 0. The number of fused-ring (bicyclic) bond motifs is 1. The Kier molecular flexibility index (Phi) is 2.58. The van der Waals surface area contributed by atoms with Gasteiger partial charge < -0.3 is 9.30 Å². The fourth-order valence-corrected chi connectivity index (χ4v) is 3.20. The Morgan fingerprint density at radius 2 is 2.12 bits per heavy atom. The summed E-state index contributed by atoms with van der Waals surface area (Å²) in [5.74, 6) is 0.329. The van der Waals surface area contributed by atoms with E-state index in [1.165, 1.54) is 11.4 Å². The molecule has 2 aliphatic rings. The number of ketones is 1. The van der Waals surface area contributed by atoms with Crippen LogP contribution in [0.1, 0.15) is 53.5 Å². The van der Waals surface area contributed by atoms with Gasteiger partial charge in [-0.2, -0.15) is 0 Å². The summed E-state index contributed by atoms with van der Waals surface area (Å²) in [4.78, 5) is 11.9. The van der Waals surface area contributed by atoms with Crippen molar-refractivity contribution in [2.75, 3.05) is 7.11 Å². The van der Waals surface area contributed by atoms with Crippen molar-refractivity contribution >= 4 is 5.78 Å². The molecule has 0 N–H and O–H groups in total. The van der Waals surface area contributed by atoms with Crippen molar-refractivity contribution in [2.24, 2.45) is 0 Å². The number of methoxy groups -OCH3 is 1. The van der Waals surface area contributed by atoms with Crippen LogP contribution in [0.2, 0.25) is 0 Å². The summed E-state index contributed by atoms with van der Waals surface area (Å²) >= 11 is 0. The standard InChI is InChI=1S/C14H19NO2/c1-9-6-12-13(4-3-5-14(12)16)15(9)10-7-11(8-10)17-2/h6,10-11H,3-5,7-8H2,1-2H3. The summed E-state index contributed by atoms with van der Waals surface area (Å²) in [6.07, 6.45) is 5.39. The summed E-state index contributed by atoms with van der Waals surface area (Å²) in [5, 5.41) is 0. The molecule has 0 saturated heterocycles. The van der Waals surface area contributed by atoms with Crippen LogP contribution in [-0.2, 0) is 11.2 Å². The topological polar surface area (TPSA) is 31.2 Å². The molecular formula is C14H19NO2. The minimum atomic E-state index is 0.329. The lowest BCUT2D eigenvalue weighted by Crippen LogP contribution is -2.34. The van der Waals surface area contributed by atoms with Crippen LogP contribution in [0.25, 0.3) is 0 Å². The van der Waals surface area contributed by atoms with E-state index >= 15 is 0 Å². The van der Waals surface area contributed by atoms with E-state index in [0.717, 1.165) is 37.7 Å². The number of carbonyl (C=O) groups excluding carboxylic acids is 1. The first-order valence-corrected chi connectivity index (χ1v) is 6.47. The van der Waals surface area contributed by atoms with Crippen molar-refractivity contribution in [3.8, 4) is 0 Å². The Morgan fingerprint density at radius 1 is 1.35 bits per heavy atom. The Hall–Kier alpha value is -1.09. The highest BCUT2D eigenvalue weighted by Gasteiger charge is 2.34. The minimum Gasteiger partial charge on any atom is -0.381 e. The molecule has 0 atom stereocenters. The molecule has 1 fully saturated rings. The first-order chi connectivity index (χ1) is 8.20. The number of hydrogen-bond acceptors (Lipinski definition) is 2. The van der Waals surface area contributed by atoms with E-state index in [-0.39, 0.29) is 0 Å². The Labute approximate surface area is 102 Å². The van der Waals surface area contributed by atoms with E-state index in [1.807, 2.05) is 0 Å². The van der Waals surface area contributed by atoms with Crippen molar-refractivity contribution in [1.82, 2.24) is 4.57 Å². The summed E-state index contributed by atoms with van der Waals surface area (Å²) in [6.45, 7) is 2.12. The van der Waals surface area contributed by atoms with E-state index in [4.69, 9.17) is 4.74 Å². The lowest BCUT2D eigenvalue weighted by molar-refractivity contribution is 0.00496. The fourth-order valence-electron chi connectivity index (χ4n) is 3.20. The van der Waals surface area contributed by atoms with Gasteiger partial charge in [0.2, 0.25) is 0 Å². The highest BCUT2D eigenvalue weighted by Crippen LogP contribution is 2.38. The van der Waals surface area contributed by atoms with Crippen LogP contribution in [0.15, 0.2) is 6.07 Å². The smallest absolute Gasteiger partial charge is 0.164 e. The minimum absolute atomic E-state index is 0.329. The van der Waals surface area contributed by atoms with Gasteiger partial charge >= 0.3 is 0 Å². The van der Waals surface area contributed by atoms with E-state index in [9.17, 15) is 4.79 Å². The first kappa shape index (κ1) is 11.0. The lowest BCUT2D eigenvalue weighted by Gasteiger charge is -2.37. The van der Waals surface area contributed by atoms with Gasteiger partial charge in [0.1, 0.15) is 0 Å². The molecular weight excluding hydrogens is 214 g/mol. The zero-order valence-corrected chi connectivity index (χ0v) is 10.5. The van der Waals surface area contributed by atoms with Gasteiger partial charge in [0.25, 0.3) is 0 Å². The predicted molar refractivity (Wildman–Crippen MR) is 65.5 cm³/mol. The van der Waals surface area contributed by atoms with Crippen LogP contribution in [0.3, 0.4) is 0 Å². The Bertz CT molecular complexity index is 455. The number of aryl methyl sites for hydroxylation is 1. The fraction of sp³-hybridized carbons (Fsp3) is 0.643. The summed E-state index contributed by atoms with van der Waals surface area (Å²) in [7, 11) is 1.78. The number of aromatic nitrogens is 1. The van der Waals surface area contributed by atoms with Crippen LogP contribution in [0.4, 0.5) is 0 Å². The number of nitrogens with zero attached hydrogens (tertiary/aromatic N) is 1. The molecule has 0 aromatic carbocycles. The second-order valence-electron chi connectivity index (χ2n) is 5.28. The zero-order valence-electron chi connectivity index (χ0n) is 10.5. The third kappa shape index (κ3) is 1.64. The predicted octanol–water partition coefficient (Wildman–Crippen LogP) is 2.67. The van der Waals surface area contributed by atoms with Crippen molar-refractivity contribution in [1.29, 1.82) is 0 Å². The molecule has 3 rings (SSSR count). The average Bonchev–Trinajstić information content (AvgIpc) is 2.57. The second-order valence-corrected chi connectivity index (χ2v) is 5.28. The molecule has 0 radical (unpaired) electrons.